The average Bonchev–Trinajstić information content (AvgIpc) is 2.32. The summed E-state index contributed by atoms with van der Waals surface area (Å²) in [4.78, 5) is 0. The van der Waals surface area contributed by atoms with Gasteiger partial charge in [-0.2, -0.15) is 0 Å². The minimum absolute atomic E-state index is 0.299. The van der Waals surface area contributed by atoms with Gasteiger partial charge in [-0.3, -0.25) is 0 Å². The molecule has 0 fully saturated rings. The number of aryl methyl sites for hydroxylation is 1. The molecule has 17 heavy (non-hydrogen) atoms. The second-order valence-electron chi connectivity index (χ2n) is 3.98. The number of hydrogen-bond donors (Lipinski definition) is 2. The highest BCUT2D eigenvalue weighted by Crippen LogP contribution is 2.21. The maximum atomic E-state index is 9.20. The Labute approximate surface area is 109 Å². The summed E-state index contributed by atoms with van der Waals surface area (Å²) < 4.78 is 1.07. The highest BCUT2D eigenvalue weighted by atomic mass is 79.9. The van der Waals surface area contributed by atoms with Gasteiger partial charge in [0, 0.05) is 16.7 Å². The zero-order valence-electron chi connectivity index (χ0n) is 9.57. The summed E-state index contributed by atoms with van der Waals surface area (Å²) >= 11 is 3.46. The number of aromatic hydroxyl groups is 1. The van der Waals surface area contributed by atoms with Crippen molar-refractivity contribution in [1.29, 1.82) is 0 Å². The monoisotopic (exact) mass is 291 g/mol. The smallest absolute Gasteiger partial charge is 0.115 e. The molecule has 0 aliphatic heterocycles. The van der Waals surface area contributed by atoms with Gasteiger partial charge in [0.25, 0.3) is 0 Å². The quantitative estimate of drug-likeness (QED) is 0.893. The molecule has 0 saturated carbocycles. The van der Waals surface area contributed by atoms with Crippen LogP contribution in [-0.2, 0) is 6.54 Å². The van der Waals surface area contributed by atoms with Crippen molar-refractivity contribution in [2.45, 2.75) is 13.5 Å². The summed E-state index contributed by atoms with van der Waals surface area (Å²) in [5.74, 6) is 0.299. The highest BCUT2D eigenvalue weighted by Gasteiger charge is 1.99. The number of phenolic OH excluding ortho intramolecular Hbond substituents is 1. The zero-order chi connectivity index (χ0) is 12.3. The fourth-order valence-electron chi connectivity index (χ4n) is 1.60. The van der Waals surface area contributed by atoms with Crippen molar-refractivity contribution in [2.75, 3.05) is 5.32 Å². The van der Waals surface area contributed by atoms with E-state index in [1.165, 1.54) is 5.56 Å². The number of phenols is 1. The second-order valence-corrected chi connectivity index (χ2v) is 4.89. The average molecular weight is 292 g/mol. The summed E-state index contributed by atoms with van der Waals surface area (Å²) in [6.07, 6.45) is 0. The third kappa shape index (κ3) is 3.24. The molecule has 88 valence electrons. The lowest BCUT2D eigenvalue weighted by Gasteiger charge is -2.10. The molecule has 0 aromatic heterocycles. The van der Waals surface area contributed by atoms with E-state index in [-0.39, 0.29) is 0 Å². The molecule has 2 N–H and O–H groups in total. The van der Waals surface area contributed by atoms with Crippen LogP contribution in [0, 0.1) is 6.92 Å². The van der Waals surface area contributed by atoms with E-state index in [4.69, 9.17) is 0 Å². The van der Waals surface area contributed by atoms with Gasteiger partial charge in [0.15, 0.2) is 0 Å². The number of nitrogens with one attached hydrogen (secondary N) is 1. The van der Waals surface area contributed by atoms with Crippen molar-refractivity contribution >= 4 is 21.6 Å². The SMILES string of the molecule is Cc1ccc(Br)cc1NCc1ccc(O)cc1. The van der Waals surface area contributed by atoms with Crippen LogP contribution in [0.4, 0.5) is 5.69 Å². The minimum atomic E-state index is 0.299. The standard InChI is InChI=1S/C14H14BrNO/c1-10-2-5-12(15)8-14(10)16-9-11-3-6-13(17)7-4-11/h2-8,16-17H,9H2,1H3. The molecule has 0 unspecified atom stereocenters. The molecule has 0 amide bonds. The van der Waals surface area contributed by atoms with E-state index >= 15 is 0 Å². The predicted molar refractivity (Wildman–Crippen MR) is 74.3 cm³/mol. The van der Waals surface area contributed by atoms with Gasteiger partial charge >= 0.3 is 0 Å². The van der Waals surface area contributed by atoms with Gasteiger partial charge in [-0.05, 0) is 42.3 Å². The first-order valence-corrected chi connectivity index (χ1v) is 6.22. The third-order valence-electron chi connectivity index (χ3n) is 2.62. The highest BCUT2D eigenvalue weighted by molar-refractivity contribution is 9.10. The Morgan fingerprint density at radius 1 is 1.12 bits per heavy atom. The normalized spacial score (nSPS) is 10.2. The maximum Gasteiger partial charge on any atom is 0.115 e. The van der Waals surface area contributed by atoms with E-state index in [9.17, 15) is 5.11 Å². The minimum Gasteiger partial charge on any atom is -0.508 e. The van der Waals surface area contributed by atoms with E-state index in [1.54, 1.807) is 12.1 Å². The molecule has 0 heterocycles. The molecule has 0 atom stereocenters. The lowest BCUT2D eigenvalue weighted by molar-refractivity contribution is 0.475. The number of hydrogen-bond acceptors (Lipinski definition) is 2. The van der Waals surface area contributed by atoms with Gasteiger partial charge in [-0.15, -0.1) is 0 Å². The molecule has 2 aromatic rings. The Hall–Kier alpha value is -1.48. The van der Waals surface area contributed by atoms with Crippen LogP contribution in [0.3, 0.4) is 0 Å². The van der Waals surface area contributed by atoms with Crippen LogP contribution >= 0.6 is 15.9 Å². The molecule has 0 bridgehead atoms. The first kappa shape index (κ1) is 12.0. The summed E-state index contributed by atoms with van der Waals surface area (Å²) in [5, 5.41) is 12.6. The van der Waals surface area contributed by atoms with Crippen LogP contribution in [-0.4, -0.2) is 5.11 Å². The van der Waals surface area contributed by atoms with Gasteiger partial charge in [-0.1, -0.05) is 34.1 Å². The van der Waals surface area contributed by atoms with Crippen LogP contribution < -0.4 is 5.32 Å². The van der Waals surface area contributed by atoms with Gasteiger partial charge in [-0.25, -0.2) is 0 Å². The van der Waals surface area contributed by atoms with E-state index in [0.717, 1.165) is 22.3 Å². The van der Waals surface area contributed by atoms with E-state index < -0.39 is 0 Å². The second kappa shape index (κ2) is 5.23. The molecule has 0 aliphatic carbocycles. The van der Waals surface area contributed by atoms with Crippen molar-refractivity contribution < 1.29 is 5.11 Å². The summed E-state index contributed by atoms with van der Waals surface area (Å²) in [5.41, 5.74) is 3.47. The van der Waals surface area contributed by atoms with Gasteiger partial charge in [0.2, 0.25) is 0 Å². The Balaban J connectivity index is 2.07. The molecule has 3 heteroatoms. The molecule has 0 spiro atoms. The zero-order valence-corrected chi connectivity index (χ0v) is 11.2. The third-order valence-corrected chi connectivity index (χ3v) is 3.11. The summed E-state index contributed by atoms with van der Waals surface area (Å²) in [6, 6.07) is 13.4. The first-order valence-electron chi connectivity index (χ1n) is 5.43. The lowest BCUT2D eigenvalue weighted by Crippen LogP contribution is -2.00. The van der Waals surface area contributed by atoms with Crippen LogP contribution in [0.5, 0.6) is 5.75 Å². The molecular formula is C14H14BrNO. The van der Waals surface area contributed by atoms with Crippen LogP contribution in [0.1, 0.15) is 11.1 Å². The van der Waals surface area contributed by atoms with Crippen LogP contribution in [0.25, 0.3) is 0 Å². The number of rotatable bonds is 3. The van der Waals surface area contributed by atoms with Gasteiger partial charge in [0.1, 0.15) is 5.75 Å². The first-order chi connectivity index (χ1) is 8.15. The molecule has 2 aromatic carbocycles. The molecule has 2 rings (SSSR count). The van der Waals surface area contributed by atoms with Crippen molar-refractivity contribution in [3.63, 3.8) is 0 Å². The Morgan fingerprint density at radius 2 is 1.82 bits per heavy atom. The van der Waals surface area contributed by atoms with Crippen LogP contribution in [0.2, 0.25) is 0 Å². The molecule has 0 radical (unpaired) electrons. The fraction of sp³-hybridized carbons (Fsp3) is 0.143. The van der Waals surface area contributed by atoms with E-state index in [0.29, 0.717) is 5.75 Å². The largest absolute Gasteiger partial charge is 0.508 e. The summed E-state index contributed by atoms with van der Waals surface area (Å²) in [6.45, 7) is 2.82. The molecule has 2 nitrogen and oxygen atoms in total. The van der Waals surface area contributed by atoms with Crippen molar-refractivity contribution in [3.05, 3.63) is 58.1 Å². The van der Waals surface area contributed by atoms with Crippen LogP contribution in [0.15, 0.2) is 46.9 Å². The van der Waals surface area contributed by atoms with Crippen molar-refractivity contribution in [2.24, 2.45) is 0 Å². The number of benzene rings is 2. The lowest BCUT2D eigenvalue weighted by atomic mass is 10.2. The Kier molecular flexibility index (Phi) is 3.69. The fourth-order valence-corrected chi connectivity index (χ4v) is 1.96. The number of halogens is 1. The molecule has 0 aliphatic rings. The Bertz CT molecular complexity index is 508. The van der Waals surface area contributed by atoms with Gasteiger partial charge in [0.05, 0.1) is 0 Å². The van der Waals surface area contributed by atoms with Crippen molar-refractivity contribution in [1.82, 2.24) is 0 Å². The topological polar surface area (TPSA) is 32.3 Å². The predicted octanol–water partition coefficient (Wildman–Crippen LogP) is 4.08. The Morgan fingerprint density at radius 3 is 2.53 bits per heavy atom. The maximum absolute atomic E-state index is 9.20. The molecule has 0 saturated heterocycles. The number of anilines is 1. The summed E-state index contributed by atoms with van der Waals surface area (Å²) in [7, 11) is 0. The molecular weight excluding hydrogens is 278 g/mol. The van der Waals surface area contributed by atoms with E-state index in [1.807, 2.05) is 18.2 Å². The van der Waals surface area contributed by atoms with Gasteiger partial charge < -0.3 is 10.4 Å². The van der Waals surface area contributed by atoms with E-state index in [2.05, 4.69) is 40.3 Å². The van der Waals surface area contributed by atoms with Crippen molar-refractivity contribution in [3.8, 4) is 5.75 Å².